The zero-order chi connectivity index (χ0) is 14.6. The van der Waals surface area contributed by atoms with Gasteiger partial charge in [-0.1, -0.05) is 0 Å². The first-order chi connectivity index (χ1) is 8.80. The summed E-state index contributed by atoms with van der Waals surface area (Å²) >= 11 is 0. The molecule has 0 saturated carbocycles. The minimum atomic E-state index is -5.06. The van der Waals surface area contributed by atoms with E-state index in [4.69, 9.17) is 5.26 Å². The number of carbonyl (C=O) groups excluding carboxylic acids is 1. The fourth-order valence-electron chi connectivity index (χ4n) is 1.28. The van der Waals surface area contributed by atoms with Crippen LogP contribution in [0.15, 0.2) is 12.1 Å². The second kappa shape index (κ2) is 5.56. The lowest BCUT2D eigenvalue weighted by atomic mass is 10.1. The predicted octanol–water partition coefficient (Wildman–Crippen LogP) is 2.77. The Balaban J connectivity index is 3.35. The number of alkyl halides is 3. The van der Waals surface area contributed by atoms with Crippen LogP contribution >= 0.6 is 0 Å². The van der Waals surface area contributed by atoms with Gasteiger partial charge in [0.2, 0.25) is 0 Å². The number of ether oxygens (including phenoxy) is 2. The Morgan fingerprint density at radius 3 is 2.53 bits per heavy atom. The van der Waals surface area contributed by atoms with Gasteiger partial charge >= 0.3 is 12.3 Å². The molecule has 0 bridgehead atoms. The van der Waals surface area contributed by atoms with Gasteiger partial charge in [0, 0.05) is 0 Å². The first kappa shape index (κ1) is 14.8. The number of hydrogen-bond acceptors (Lipinski definition) is 4. The molecule has 0 spiro atoms. The molecule has 0 N–H and O–H groups in total. The standard InChI is InChI=1S/C11H7F4NO3/c1-2-18-10(17)9-6(5-16)8(4-3-7(9)12)19-11(13,14)15/h3-4H,2H2,1H3. The van der Waals surface area contributed by atoms with Crippen LogP contribution in [0.1, 0.15) is 22.8 Å². The van der Waals surface area contributed by atoms with Crippen LogP contribution in [-0.4, -0.2) is 18.9 Å². The van der Waals surface area contributed by atoms with Crippen LogP contribution < -0.4 is 4.74 Å². The van der Waals surface area contributed by atoms with Crippen LogP contribution in [0.25, 0.3) is 0 Å². The minimum absolute atomic E-state index is 0.118. The molecule has 8 heteroatoms. The van der Waals surface area contributed by atoms with Crippen molar-refractivity contribution in [3.8, 4) is 11.8 Å². The molecule has 4 nitrogen and oxygen atoms in total. The number of esters is 1. The molecule has 0 aliphatic carbocycles. The zero-order valence-electron chi connectivity index (χ0n) is 9.55. The van der Waals surface area contributed by atoms with E-state index in [0.717, 1.165) is 0 Å². The maximum Gasteiger partial charge on any atom is 0.573 e. The number of benzene rings is 1. The van der Waals surface area contributed by atoms with Crippen LogP contribution in [0.5, 0.6) is 5.75 Å². The third-order valence-corrected chi connectivity index (χ3v) is 1.93. The van der Waals surface area contributed by atoms with E-state index >= 15 is 0 Å². The third-order valence-electron chi connectivity index (χ3n) is 1.93. The van der Waals surface area contributed by atoms with Gasteiger partial charge in [-0.2, -0.15) is 5.26 Å². The molecule has 0 aromatic heterocycles. The van der Waals surface area contributed by atoms with Crippen molar-refractivity contribution in [3.63, 3.8) is 0 Å². The van der Waals surface area contributed by atoms with Crippen LogP contribution in [0.3, 0.4) is 0 Å². The number of halogens is 4. The first-order valence-corrected chi connectivity index (χ1v) is 4.95. The van der Waals surface area contributed by atoms with Gasteiger partial charge in [-0.3, -0.25) is 0 Å². The summed E-state index contributed by atoms with van der Waals surface area (Å²) in [7, 11) is 0. The van der Waals surface area contributed by atoms with E-state index < -0.39 is 35.0 Å². The topological polar surface area (TPSA) is 59.3 Å². The highest BCUT2D eigenvalue weighted by Gasteiger charge is 2.34. The normalized spacial score (nSPS) is 10.7. The molecular weight excluding hydrogens is 270 g/mol. The largest absolute Gasteiger partial charge is 0.573 e. The highest BCUT2D eigenvalue weighted by Crippen LogP contribution is 2.30. The maximum absolute atomic E-state index is 13.4. The van der Waals surface area contributed by atoms with Crippen LogP contribution in [-0.2, 0) is 4.74 Å². The van der Waals surface area contributed by atoms with Crippen LogP contribution in [0.4, 0.5) is 17.6 Å². The Bertz CT molecular complexity index is 534. The summed E-state index contributed by atoms with van der Waals surface area (Å²) in [6, 6.07) is 2.51. The Morgan fingerprint density at radius 2 is 2.05 bits per heavy atom. The van der Waals surface area contributed by atoms with Crippen molar-refractivity contribution in [1.82, 2.24) is 0 Å². The van der Waals surface area contributed by atoms with Crippen molar-refractivity contribution in [2.24, 2.45) is 0 Å². The fourth-order valence-corrected chi connectivity index (χ4v) is 1.28. The van der Waals surface area contributed by atoms with Crippen molar-refractivity contribution >= 4 is 5.97 Å². The fraction of sp³-hybridized carbons (Fsp3) is 0.273. The molecule has 0 fully saturated rings. The highest BCUT2D eigenvalue weighted by atomic mass is 19.4. The van der Waals surface area contributed by atoms with Gasteiger partial charge < -0.3 is 9.47 Å². The Labute approximate surface area is 105 Å². The molecule has 1 aromatic carbocycles. The van der Waals surface area contributed by atoms with Crippen molar-refractivity contribution in [2.75, 3.05) is 6.61 Å². The molecule has 0 atom stereocenters. The Morgan fingerprint density at radius 1 is 1.42 bits per heavy atom. The molecular formula is C11H7F4NO3. The highest BCUT2D eigenvalue weighted by molar-refractivity contribution is 5.93. The first-order valence-electron chi connectivity index (χ1n) is 4.95. The van der Waals surface area contributed by atoms with Gasteiger partial charge in [0.15, 0.2) is 0 Å². The summed E-state index contributed by atoms with van der Waals surface area (Å²) in [5.41, 5.74) is -1.75. The lowest BCUT2D eigenvalue weighted by Crippen LogP contribution is -2.19. The van der Waals surface area contributed by atoms with Crippen molar-refractivity contribution in [2.45, 2.75) is 13.3 Å². The molecule has 102 valence electrons. The number of carbonyl (C=O) groups is 1. The average Bonchev–Trinajstić information content (AvgIpc) is 2.29. The molecule has 0 aliphatic rings. The van der Waals surface area contributed by atoms with Gasteiger partial charge in [0.05, 0.1) is 6.61 Å². The van der Waals surface area contributed by atoms with E-state index in [1.807, 2.05) is 0 Å². The predicted molar refractivity (Wildman–Crippen MR) is 53.8 cm³/mol. The molecule has 0 radical (unpaired) electrons. The van der Waals surface area contributed by atoms with E-state index in [-0.39, 0.29) is 6.61 Å². The van der Waals surface area contributed by atoms with Crippen molar-refractivity contribution < 1.29 is 31.8 Å². The molecule has 1 rings (SSSR count). The third kappa shape index (κ3) is 3.58. The second-order valence-electron chi connectivity index (χ2n) is 3.18. The van der Waals surface area contributed by atoms with E-state index in [2.05, 4.69) is 9.47 Å². The molecule has 0 aliphatic heterocycles. The van der Waals surface area contributed by atoms with E-state index in [1.54, 1.807) is 0 Å². The summed E-state index contributed by atoms with van der Waals surface area (Å²) in [6.07, 6.45) is -5.06. The van der Waals surface area contributed by atoms with E-state index in [1.165, 1.54) is 13.0 Å². The minimum Gasteiger partial charge on any atom is -0.462 e. The lowest BCUT2D eigenvalue weighted by Gasteiger charge is -2.12. The molecule has 19 heavy (non-hydrogen) atoms. The van der Waals surface area contributed by atoms with Gasteiger partial charge in [-0.25, -0.2) is 9.18 Å². The summed E-state index contributed by atoms with van der Waals surface area (Å²) < 4.78 is 57.7. The number of rotatable bonds is 3. The number of hydrogen-bond donors (Lipinski definition) is 0. The van der Waals surface area contributed by atoms with Gasteiger partial charge in [-0.15, -0.1) is 13.2 Å². The molecule has 0 amide bonds. The second-order valence-corrected chi connectivity index (χ2v) is 3.18. The smallest absolute Gasteiger partial charge is 0.462 e. The Kier molecular flexibility index (Phi) is 4.32. The quantitative estimate of drug-likeness (QED) is 0.629. The van der Waals surface area contributed by atoms with Crippen molar-refractivity contribution in [3.05, 3.63) is 29.1 Å². The van der Waals surface area contributed by atoms with Gasteiger partial charge in [-0.05, 0) is 19.1 Å². The number of nitriles is 1. The molecule has 0 saturated heterocycles. The lowest BCUT2D eigenvalue weighted by molar-refractivity contribution is -0.274. The molecule has 0 heterocycles. The SMILES string of the molecule is CCOC(=O)c1c(F)ccc(OC(F)(F)F)c1C#N. The summed E-state index contributed by atoms with van der Waals surface area (Å²) in [6.45, 7) is 1.31. The van der Waals surface area contributed by atoms with Crippen LogP contribution in [0.2, 0.25) is 0 Å². The van der Waals surface area contributed by atoms with Gasteiger partial charge in [0.25, 0.3) is 0 Å². The monoisotopic (exact) mass is 277 g/mol. The maximum atomic E-state index is 13.4. The average molecular weight is 277 g/mol. The van der Waals surface area contributed by atoms with E-state index in [0.29, 0.717) is 12.1 Å². The van der Waals surface area contributed by atoms with Gasteiger partial charge in [0.1, 0.15) is 28.8 Å². The molecule has 0 unspecified atom stereocenters. The van der Waals surface area contributed by atoms with Crippen LogP contribution in [0, 0.1) is 17.1 Å². The molecule has 1 aromatic rings. The summed E-state index contributed by atoms with van der Waals surface area (Å²) in [5, 5.41) is 8.77. The Hall–Kier alpha value is -2.30. The number of nitrogens with zero attached hydrogens (tertiary/aromatic N) is 1. The summed E-state index contributed by atoms with van der Waals surface area (Å²) in [4.78, 5) is 11.4. The van der Waals surface area contributed by atoms with Crippen molar-refractivity contribution in [1.29, 1.82) is 5.26 Å². The zero-order valence-corrected chi connectivity index (χ0v) is 9.55. The summed E-state index contributed by atoms with van der Waals surface area (Å²) in [5.74, 6) is -3.35. The van der Waals surface area contributed by atoms with E-state index in [9.17, 15) is 22.4 Å².